The summed E-state index contributed by atoms with van der Waals surface area (Å²) >= 11 is 5.90. The van der Waals surface area contributed by atoms with E-state index in [1.807, 2.05) is 24.3 Å². The molecule has 0 aromatic heterocycles. The van der Waals surface area contributed by atoms with Crippen LogP contribution in [0.1, 0.15) is 19.8 Å². The normalized spacial score (nSPS) is 27.1. The fraction of sp³-hybridized carbons (Fsp3) is 0.533. The van der Waals surface area contributed by atoms with Gasteiger partial charge in [0.05, 0.1) is 7.11 Å². The van der Waals surface area contributed by atoms with Crippen LogP contribution in [0.5, 0.6) is 0 Å². The second-order valence-electron chi connectivity index (χ2n) is 5.49. The summed E-state index contributed by atoms with van der Waals surface area (Å²) in [5, 5.41) is 4.04. The van der Waals surface area contributed by atoms with Crippen molar-refractivity contribution in [2.75, 3.05) is 26.0 Å². The molecule has 2 rings (SSSR count). The largest absolute Gasteiger partial charge is 0.467 e. The number of piperidine rings is 1. The Bertz CT molecular complexity index is 477. The van der Waals surface area contributed by atoms with Crippen LogP contribution < -0.4 is 5.32 Å². The maximum absolute atomic E-state index is 12.3. The molecule has 5 heteroatoms. The molecule has 20 heavy (non-hydrogen) atoms. The van der Waals surface area contributed by atoms with E-state index < -0.39 is 5.54 Å². The monoisotopic (exact) mass is 296 g/mol. The second kappa shape index (κ2) is 6.02. The zero-order valence-electron chi connectivity index (χ0n) is 12.1. The SMILES string of the molecule is COC(=O)C1(Nc2ccc(Cl)cc2)CCN(C)C(C)C1. The zero-order chi connectivity index (χ0) is 14.8. The minimum absolute atomic E-state index is 0.201. The van der Waals surface area contributed by atoms with Crippen molar-refractivity contribution < 1.29 is 9.53 Å². The number of benzene rings is 1. The summed E-state index contributed by atoms with van der Waals surface area (Å²) in [4.78, 5) is 14.5. The van der Waals surface area contributed by atoms with Crippen LogP contribution in [0.25, 0.3) is 0 Å². The van der Waals surface area contributed by atoms with Crippen molar-refractivity contribution in [1.82, 2.24) is 4.90 Å². The van der Waals surface area contributed by atoms with E-state index >= 15 is 0 Å². The van der Waals surface area contributed by atoms with Crippen molar-refractivity contribution in [3.05, 3.63) is 29.3 Å². The standard InChI is InChI=1S/C15H21ClN2O2/c1-11-10-15(14(19)20-3,8-9-18(11)2)17-13-6-4-12(16)5-7-13/h4-7,11,17H,8-10H2,1-3H3. The Morgan fingerprint density at radius 3 is 2.65 bits per heavy atom. The highest BCUT2D eigenvalue weighted by Gasteiger charge is 2.44. The number of carbonyl (C=O) groups is 1. The average Bonchev–Trinajstić information content (AvgIpc) is 2.44. The first-order chi connectivity index (χ1) is 9.47. The second-order valence-corrected chi connectivity index (χ2v) is 5.93. The Hall–Kier alpha value is -1.26. The molecular weight excluding hydrogens is 276 g/mol. The molecule has 1 aromatic rings. The van der Waals surface area contributed by atoms with E-state index in [9.17, 15) is 4.79 Å². The van der Waals surface area contributed by atoms with Gasteiger partial charge < -0.3 is 15.0 Å². The van der Waals surface area contributed by atoms with Gasteiger partial charge in [-0.3, -0.25) is 0 Å². The fourth-order valence-corrected chi connectivity index (χ4v) is 2.83. The number of methoxy groups -OCH3 is 1. The minimum atomic E-state index is -0.658. The van der Waals surface area contributed by atoms with Crippen LogP contribution in [0.4, 0.5) is 5.69 Å². The van der Waals surface area contributed by atoms with Gasteiger partial charge in [-0.2, -0.15) is 0 Å². The molecule has 4 nitrogen and oxygen atoms in total. The van der Waals surface area contributed by atoms with Crippen molar-refractivity contribution in [2.45, 2.75) is 31.3 Å². The topological polar surface area (TPSA) is 41.6 Å². The number of carbonyl (C=O) groups excluding carboxylic acids is 1. The van der Waals surface area contributed by atoms with Gasteiger partial charge in [-0.15, -0.1) is 0 Å². The van der Waals surface area contributed by atoms with Gasteiger partial charge in [-0.1, -0.05) is 11.6 Å². The molecule has 2 unspecified atom stereocenters. The van der Waals surface area contributed by atoms with Gasteiger partial charge in [-0.25, -0.2) is 4.79 Å². The van der Waals surface area contributed by atoms with Crippen molar-refractivity contribution in [1.29, 1.82) is 0 Å². The van der Waals surface area contributed by atoms with E-state index in [1.54, 1.807) is 0 Å². The number of nitrogens with zero attached hydrogens (tertiary/aromatic N) is 1. The third kappa shape index (κ3) is 3.07. The zero-order valence-corrected chi connectivity index (χ0v) is 12.9. The number of anilines is 1. The van der Waals surface area contributed by atoms with Crippen LogP contribution in [0.15, 0.2) is 24.3 Å². The summed E-state index contributed by atoms with van der Waals surface area (Å²) in [5.41, 5.74) is 0.227. The lowest BCUT2D eigenvalue weighted by atomic mass is 9.83. The molecule has 110 valence electrons. The Morgan fingerprint density at radius 1 is 1.45 bits per heavy atom. The molecule has 2 atom stereocenters. The summed E-state index contributed by atoms with van der Waals surface area (Å²) in [6.45, 7) is 2.98. The van der Waals surface area contributed by atoms with Crippen LogP contribution in [-0.4, -0.2) is 43.2 Å². The van der Waals surface area contributed by atoms with Gasteiger partial charge in [0.2, 0.25) is 0 Å². The predicted molar refractivity (Wildman–Crippen MR) is 81.1 cm³/mol. The average molecular weight is 297 g/mol. The summed E-state index contributed by atoms with van der Waals surface area (Å²) < 4.78 is 5.03. The number of halogens is 1. The highest BCUT2D eigenvalue weighted by atomic mass is 35.5. The predicted octanol–water partition coefficient (Wildman–Crippen LogP) is 2.78. The lowest BCUT2D eigenvalue weighted by molar-refractivity contribution is -0.148. The molecule has 0 spiro atoms. The lowest BCUT2D eigenvalue weighted by Crippen LogP contribution is -2.57. The van der Waals surface area contributed by atoms with Crippen molar-refractivity contribution in [3.8, 4) is 0 Å². The van der Waals surface area contributed by atoms with Crippen LogP contribution in [-0.2, 0) is 9.53 Å². The molecule has 1 heterocycles. The summed E-state index contributed by atoms with van der Waals surface area (Å²) in [6.07, 6.45) is 1.45. The molecule has 0 bridgehead atoms. The quantitative estimate of drug-likeness (QED) is 0.871. The van der Waals surface area contributed by atoms with E-state index in [1.165, 1.54) is 7.11 Å². The van der Waals surface area contributed by atoms with E-state index in [2.05, 4.69) is 24.2 Å². The summed E-state index contributed by atoms with van der Waals surface area (Å²) in [6, 6.07) is 7.72. The van der Waals surface area contributed by atoms with Crippen LogP contribution in [0.3, 0.4) is 0 Å². The maximum atomic E-state index is 12.3. The smallest absolute Gasteiger partial charge is 0.331 e. The minimum Gasteiger partial charge on any atom is -0.467 e. The van der Waals surface area contributed by atoms with Crippen molar-refractivity contribution in [3.63, 3.8) is 0 Å². The molecule has 0 radical (unpaired) electrons. The summed E-state index contributed by atoms with van der Waals surface area (Å²) in [7, 11) is 3.52. The molecule has 0 aliphatic carbocycles. The van der Waals surface area contributed by atoms with Gasteiger partial charge in [-0.05, 0) is 51.1 Å². The van der Waals surface area contributed by atoms with E-state index in [-0.39, 0.29) is 5.97 Å². The molecule has 1 aliphatic rings. The molecule has 0 saturated carbocycles. The van der Waals surface area contributed by atoms with Gasteiger partial charge in [0.1, 0.15) is 5.54 Å². The molecular formula is C15H21ClN2O2. The van der Waals surface area contributed by atoms with Crippen molar-refractivity contribution in [2.24, 2.45) is 0 Å². The number of ether oxygens (including phenoxy) is 1. The molecule has 1 fully saturated rings. The van der Waals surface area contributed by atoms with Crippen LogP contribution >= 0.6 is 11.6 Å². The van der Waals surface area contributed by atoms with E-state index in [0.717, 1.165) is 25.1 Å². The highest BCUT2D eigenvalue weighted by molar-refractivity contribution is 6.30. The third-order valence-corrected chi connectivity index (χ3v) is 4.34. The number of esters is 1. The number of nitrogens with one attached hydrogen (secondary N) is 1. The number of likely N-dealkylation sites (tertiary alicyclic amines) is 1. The van der Waals surface area contributed by atoms with Gasteiger partial charge >= 0.3 is 5.97 Å². The van der Waals surface area contributed by atoms with Crippen molar-refractivity contribution >= 4 is 23.3 Å². The van der Waals surface area contributed by atoms with E-state index in [0.29, 0.717) is 11.1 Å². The molecule has 1 saturated heterocycles. The number of rotatable bonds is 3. The Labute approximate surface area is 125 Å². The number of hydrogen-bond acceptors (Lipinski definition) is 4. The number of hydrogen-bond donors (Lipinski definition) is 1. The maximum Gasteiger partial charge on any atom is 0.331 e. The summed E-state index contributed by atoms with van der Waals surface area (Å²) in [5.74, 6) is -0.201. The van der Waals surface area contributed by atoms with Gasteiger partial charge in [0, 0.05) is 23.3 Å². The first kappa shape index (κ1) is 15.1. The molecule has 1 N–H and O–H groups in total. The third-order valence-electron chi connectivity index (χ3n) is 4.09. The van der Waals surface area contributed by atoms with Gasteiger partial charge in [0.25, 0.3) is 0 Å². The first-order valence-corrected chi connectivity index (χ1v) is 7.17. The first-order valence-electron chi connectivity index (χ1n) is 6.79. The Morgan fingerprint density at radius 2 is 2.10 bits per heavy atom. The van der Waals surface area contributed by atoms with Crippen LogP contribution in [0.2, 0.25) is 5.02 Å². The highest BCUT2D eigenvalue weighted by Crippen LogP contribution is 2.31. The Kier molecular flexibility index (Phi) is 4.55. The lowest BCUT2D eigenvalue weighted by Gasteiger charge is -2.43. The van der Waals surface area contributed by atoms with Crippen LogP contribution in [0, 0.1) is 0 Å². The Balaban J connectivity index is 2.24. The fourth-order valence-electron chi connectivity index (χ4n) is 2.70. The van der Waals surface area contributed by atoms with E-state index in [4.69, 9.17) is 16.3 Å². The molecule has 0 amide bonds. The molecule has 1 aromatic carbocycles. The molecule has 1 aliphatic heterocycles. The van der Waals surface area contributed by atoms with Gasteiger partial charge in [0.15, 0.2) is 0 Å².